The summed E-state index contributed by atoms with van der Waals surface area (Å²) >= 11 is 0. The van der Waals surface area contributed by atoms with Gasteiger partial charge in [0.05, 0.1) is 23.7 Å². The predicted octanol–water partition coefficient (Wildman–Crippen LogP) is 4.51. The monoisotopic (exact) mass is 303 g/mol. The van der Waals surface area contributed by atoms with Crippen LogP contribution in [0.4, 0.5) is 4.39 Å². The average molecular weight is 303 g/mol. The molecule has 0 spiro atoms. The van der Waals surface area contributed by atoms with Gasteiger partial charge in [-0.05, 0) is 54.4 Å². The molecule has 0 atom stereocenters. The standard InChI is InChI=1S/C19H14FN3/c1-13-9-15(4-5-18(13)20)19-17(3-2-7-22-19)14-6-8-23-12-21-11-16(23)10-14/h2-12H,1H3. The summed E-state index contributed by atoms with van der Waals surface area (Å²) < 4.78 is 15.5. The first kappa shape index (κ1) is 13.6. The molecule has 3 nitrogen and oxygen atoms in total. The van der Waals surface area contributed by atoms with Crippen molar-refractivity contribution in [2.45, 2.75) is 6.92 Å². The second-order valence-corrected chi connectivity index (χ2v) is 5.50. The van der Waals surface area contributed by atoms with E-state index in [2.05, 4.69) is 16.0 Å². The van der Waals surface area contributed by atoms with Crippen LogP contribution in [0.1, 0.15) is 5.56 Å². The highest BCUT2D eigenvalue weighted by molar-refractivity contribution is 5.82. The third-order valence-electron chi connectivity index (χ3n) is 3.96. The Bertz CT molecular complexity index is 1000. The molecule has 0 fully saturated rings. The highest BCUT2D eigenvalue weighted by atomic mass is 19.1. The number of imidazole rings is 1. The molecule has 4 aromatic rings. The number of aryl methyl sites for hydroxylation is 1. The lowest BCUT2D eigenvalue weighted by atomic mass is 9.99. The molecule has 3 heterocycles. The van der Waals surface area contributed by atoms with E-state index in [1.165, 1.54) is 6.07 Å². The van der Waals surface area contributed by atoms with Crippen LogP contribution in [0.5, 0.6) is 0 Å². The molecule has 0 N–H and O–H groups in total. The number of pyridine rings is 2. The summed E-state index contributed by atoms with van der Waals surface area (Å²) in [6.45, 7) is 1.76. The van der Waals surface area contributed by atoms with Gasteiger partial charge in [-0.15, -0.1) is 0 Å². The molecule has 0 saturated carbocycles. The largest absolute Gasteiger partial charge is 0.306 e. The molecule has 0 radical (unpaired) electrons. The van der Waals surface area contributed by atoms with Gasteiger partial charge in [-0.2, -0.15) is 0 Å². The zero-order valence-corrected chi connectivity index (χ0v) is 12.6. The summed E-state index contributed by atoms with van der Waals surface area (Å²) in [5, 5.41) is 0. The van der Waals surface area contributed by atoms with Crippen molar-refractivity contribution in [1.82, 2.24) is 14.4 Å². The molecular weight excluding hydrogens is 289 g/mol. The molecule has 0 aliphatic carbocycles. The number of halogens is 1. The Morgan fingerprint density at radius 3 is 2.83 bits per heavy atom. The molecule has 23 heavy (non-hydrogen) atoms. The van der Waals surface area contributed by atoms with Crippen molar-refractivity contribution >= 4 is 5.52 Å². The van der Waals surface area contributed by atoms with Gasteiger partial charge in [0.2, 0.25) is 0 Å². The van der Waals surface area contributed by atoms with Crippen molar-refractivity contribution in [2.24, 2.45) is 0 Å². The summed E-state index contributed by atoms with van der Waals surface area (Å²) in [5.74, 6) is -0.202. The molecule has 112 valence electrons. The van der Waals surface area contributed by atoms with Crippen molar-refractivity contribution in [3.63, 3.8) is 0 Å². The fraction of sp³-hybridized carbons (Fsp3) is 0.0526. The number of rotatable bonds is 2. The summed E-state index contributed by atoms with van der Waals surface area (Å²) in [7, 11) is 0. The lowest BCUT2D eigenvalue weighted by molar-refractivity contribution is 0.619. The van der Waals surface area contributed by atoms with Crippen LogP contribution in [-0.4, -0.2) is 14.4 Å². The first-order valence-electron chi connectivity index (χ1n) is 7.36. The first-order chi connectivity index (χ1) is 11.2. The highest BCUT2D eigenvalue weighted by Crippen LogP contribution is 2.31. The Hall–Kier alpha value is -3.01. The number of fused-ring (bicyclic) bond motifs is 1. The molecule has 4 heteroatoms. The van der Waals surface area contributed by atoms with Crippen LogP contribution >= 0.6 is 0 Å². The molecule has 0 bridgehead atoms. The molecule has 0 aliphatic heterocycles. The van der Waals surface area contributed by atoms with Crippen molar-refractivity contribution in [3.05, 3.63) is 78.8 Å². The van der Waals surface area contributed by atoms with E-state index in [0.29, 0.717) is 5.56 Å². The molecule has 0 saturated heterocycles. The third kappa shape index (κ3) is 2.38. The minimum absolute atomic E-state index is 0.202. The number of aromatic nitrogens is 3. The van der Waals surface area contributed by atoms with E-state index in [1.54, 1.807) is 25.5 Å². The smallest absolute Gasteiger partial charge is 0.126 e. The minimum atomic E-state index is -0.202. The quantitative estimate of drug-likeness (QED) is 0.545. The van der Waals surface area contributed by atoms with Crippen LogP contribution in [-0.2, 0) is 0 Å². The number of hydrogen-bond acceptors (Lipinski definition) is 2. The fourth-order valence-electron chi connectivity index (χ4n) is 2.75. The van der Waals surface area contributed by atoms with Crippen LogP contribution in [0, 0.1) is 12.7 Å². The summed E-state index contributed by atoms with van der Waals surface area (Å²) in [6.07, 6.45) is 7.33. The van der Waals surface area contributed by atoms with Gasteiger partial charge in [0.15, 0.2) is 0 Å². The second kappa shape index (κ2) is 5.32. The van der Waals surface area contributed by atoms with E-state index >= 15 is 0 Å². The fourth-order valence-corrected chi connectivity index (χ4v) is 2.75. The number of nitrogens with zero attached hydrogens (tertiary/aromatic N) is 3. The van der Waals surface area contributed by atoms with Gasteiger partial charge in [0.25, 0.3) is 0 Å². The van der Waals surface area contributed by atoms with Crippen LogP contribution in [0.15, 0.2) is 67.4 Å². The van der Waals surface area contributed by atoms with Gasteiger partial charge in [-0.25, -0.2) is 9.37 Å². The maximum Gasteiger partial charge on any atom is 0.126 e. The van der Waals surface area contributed by atoms with E-state index < -0.39 is 0 Å². The molecule has 0 amide bonds. The zero-order chi connectivity index (χ0) is 15.8. The predicted molar refractivity (Wildman–Crippen MR) is 88.6 cm³/mol. The van der Waals surface area contributed by atoms with Gasteiger partial charge in [-0.1, -0.05) is 6.07 Å². The summed E-state index contributed by atoms with van der Waals surface area (Å²) in [5.41, 5.74) is 5.47. The third-order valence-corrected chi connectivity index (χ3v) is 3.96. The molecule has 0 unspecified atom stereocenters. The van der Waals surface area contributed by atoms with Gasteiger partial charge in [0.1, 0.15) is 5.82 Å². The maximum absolute atomic E-state index is 13.5. The van der Waals surface area contributed by atoms with Crippen molar-refractivity contribution in [1.29, 1.82) is 0 Å². The second-order valence-electron chi connectivity index (χ2n) is 5.50. The van der Waals surface area contributed by atoms with Crippen molar-refractivity contribution < 1.29 is 4.39 Å². The molecular formula is C19H14FN3. The van der Waals surface area contributed by atoms with Gasteiger partial charge < -0.3 is 4.40 Å². The highest BCUT2D eigenvalue weighted by Gasteiger charge is 2.10. The summed E-state index contributed by atoms with van der Waals surface area (Å²) in [4.78, 5) is 8.66. The Labute approximate surface area is 133 Å². The van der Waals surface area contributed by atoms with Crippen molar-refractivity contribution in [2.75, 3.05) is 0 Å². The van der Waals surface area contributed by atoms with E-state index in [9.17, 15) is 4.39 Å². The van der Waals surface area contributed by atoms with Gasteiger partial charge >= 0.3 is 0 Å². The van der Waals surface area contributed by atoms with Crippen LogP contribution in [0.25, 0.3) is 27.9 Å². The van der Waals surface area contributed by atoms with E-state index in [4.69, 9.17) is 0 Å². The molecule has 4 rings (SSSR count). The Morgan fingerprint density at radius 1 is 1.04 bits per heavy atom. The van der Waals surface area contributed by atoms with Gasteiger partial charge in [-0.3, -0.25) is 4.98 Å². The number of benzene rings is 1. The Morgan fingerprint density at radius 2 is 1.96 bits per heavy atom. The van der Waals surface area contributed by atoms with Crippen LogP contribution < -0.4 is 0 Å². The molecule has 0 aliphatic rings. The topological polar surface area (TPSA) is 30.2 Å². The van der Waals surface area contributed by atoms with E-state index in [-0.39, 0.29) is 5.82 Å². The SMILES string of the molecule is Cc1cc(-c2ncccc2-c2ccn3cncc3c2)ccc1F. The summed E-state index contributed by atoms with van der Waals surface area (Å²) in [6, 6.07) is 13.1. The Kier molecular flexibility index (Phi) is 3.15. The van der Waals surface area contributed by atoms with Crippen LogP contribution in [0.3, 0.4) is 0 Å². The molecule has 1 aromatic carbocycles. The maximum atomic E-state index is 13.5. The van der Waals surface area contributed by atoms with Gasteiger partial charge in [0, 0.05) is 23.5 Å². The first-order valence-corrected chi connectivity index (χ1v) is 7.36. The normalized spacial score (nSPS) is 11.0. The van der Waals surface area contributed by atoms with Crippen molar-refractivity contribution in [3.8, 4) is 22.4 Å². The zero-order valence-electron chi connectivity index (χ0n) is 12.6. The van der Waals surface area contributed by atoms with E-state index in [0.717, 1.165) is 27.9 Å². The Balaban J connectivity index is 1.90. The number of hydrogen-bond donors (Lipinski definition) is 0. The van der Waals surface area contributed by atoms with Crippen LogP contribution in [0.2, 0.25) is 0 Å². The van der Waals surface area contributed by atoms with E-state index in [1.807, 2.05) is 41.1 Å². The molecule has 3 aromatic heterocycles. The lowest BCUT2D eigenvalue weighted by Gasteiger charge is -2.10. The minimum Gasteiger partial charge on any atom is -0.306 e. The average Bonchev–Trinajstić information content (AvgIpc) is 3.05. The lowest BCUT2D eigenvalue weighted by Crippen LogP contribution is -1.92.